The van der Waals surface area contributed by atoms with Crippen molar-refractivity contribution in [3.63, 3.8) is 0 Å². The van der Waals surface area contributed by atoms with Crippen LogP contribution in [0.5, 0.6) is 0 Å². The maximum absolute atomic E-state index is 12.8. The summed E-state index contributed by atoms with van der Waals surface area (Å²) in [6.45, 7) is 14.8. The number of methoxy groups -OCH3 is 1. The monoisotopic (exact) mass is 522 g/mol. The number of carbonyl (C=O) groups is 4. The fourth-order valence-corrected chi connectivity index (χ4v) is 3.04. The molecule has 0 saturated carbocycles. The fourth-order valence-electron chi connectivity index (χ4n) is 2.39. The lowest BCUT2D eigenvalue weighted by molar-refractivity contribution is -0.242. The predicted molar refractivity (Wildman–Crippen MR) is 118 cm³/mol. The van der Waals surface area contributed by atoms with E-state index >= 15 is 0 Å². The van der Waals surface area contributed by atoms with Crippen LogP contribution in [0.4, 0.5) is 0 Å². The van der Waals surface area contributed by atoms with Gasteiger partial charge in [-0.15, -0.1) is 0 Å². The second kappa shape index (κ2) is 10.1. The highest BCUT2D eigenvalue weighted by atomic mass is 79.9. The summed E-state index contributed by atoms with van der Waals surface area (Å²) in [6.07, 6.45) is -5.36. The number of carbonyl (C=O) groups excluding carboxylic acids is 4. The van der Waals surface area contributed by atoms with Crippen LogP contribution in [0.25, 0.3) is 0 Å². The molecule has 1 aliphatic rings. The highest BCUT2D eigenvalue weighted by Crippen LogP contribution is 2.35. The van der Waals surface area contributed by atoms with E-state index in [-0.39, 0.29) is 0 Å². The summed E-state index contributed by atoms with van der Waals surface area (Å²) in [5.41, 5.74) is -2.72. The number of alkyl halides is 1. The van der Waals surface area contributed by atoms with Crippen molar-refractivity contribution in [1.29, 1.82) is 0 Å². The minimum absolute atomic E-state index is 0.593. The molecule has 0 aromatic heterocycles. The van der Waals surface area contributed by atoms with Gasteiger partial charge < -0.3 is 23.7 Å². The van der Waals surface area contributed by atoms with Gasteiger partial charge in [0.1, 0.15) is 0 Å². The molecular formula is C22H35BrO9. The average molecular weight is 523 g/mol. The predicted octanol–water partition coefficient (Wildman–Crippen LogP) is 3.15. The molecule has 9 nitrogen and oxygen atoms in total. The van der Waals surface area contributed by atoms with Crippen molar-refractivity contribution >= 4 is 39.8 Å². The second-order valence-electron chi connectivity index (χ2n) is 10.8. The maximum Gasteiger partial charge on any atom is 0.339 e. The average Bonchev–Trinajstić information content (AvgIpc) is 2.62. The van der Waals surface area contributed by atoms with Gasteiger partial charge in [-0.25, -0.2) is 4.79 Å². The molecule has 1 rings (SSSR count). The van der Waals surface area contributed by atoms with E-state index in [2.05, 4.69) is 15.9 Å². The van der Waals surface area contributed by atoms with Crippen LogP contribution in [0.3, 0.4) is 0 Å². The molecule has 0 aliphatic carbocycles. The molecule has 184 valence electrons. The number of halogens is 1. The van der Waals surface area contributed by atoms with Crippen molar-refractivity contribution in [2.45, 2.75) is 91.7 Å². The highest BCUT2D eigenvalue weighted by Gasteiger charge is 2.56. The molecule has 1 aliphatic heterocycles. The van der Waals surface area contributed by atoms with Crippen LogP contribution in [0.1, 0.15) is 62.3 Å². The summed E-state index contributed by atoms with van der Waals surface area (Å²) in [5, 5.41) is -1.04. The largest absolute Gasteiger partial charge is 0.467 e. The minimum Gasteiger partial charge on any atom is -0.467 e. The quantitative estimate of drug-likeness (QED) is 0.311. The molecule has 0 aromatic carbocycles. The molecule has 0 N–H and O–H groups in total. The molecular weight excluding hydrogens is 488 g/mol. The van der Waals surface area contributed by atoms with Crippen molar-refractivity contribution in [3.05, 3.63) is 0 Å². The van der Waals surface area contributed by atoms with Gasteiger partial charge in [-0.2, -0.15) is 0 Å². The number of ether oxygens (including phenoxy) is 5. The van der Waals surface area contributed by atoms with Gasteiger partial charge in [-0.3, -0.25) is 14.4 Å². The Morgan fingerprint density at radius 2 is 1.00 bits per heavy atom. The zero-order valence-electron chi connectivity index (χ0n) is 20.4. The third-order valence-electron chi connectivity index (χ3n) is 4.48. The van der Waals surface area contributed by atoms with Crippen LogP contribution in [0.2, 0.25) is 0 Å². The Kier molecular flexibility index (Phi) is 8.92. The van der Waals surface area contributed by atoms with E-state index < -0.39 is 69.6 Å². The summed E-state index contributed by atoms with van der Waals surface area (Å²) >= 11 is 3.26. The van der Waals surface area contributed by atoms with Gasteiger partial charge in [-0.05, 0) is 62.3 Å². The van der Waals surface area contributed by atoms with E-state index in [9.17, 15) is 19.2 Å². The topological polar surface area (TPSA) is 114 Å². The van der Waals surface area contributed by atoms with Gasteiger partial charge in [0.2, 0.25) is 0 Å². The highest BCUT2D eigenvalue weighted by molar-refractivity contribution is 9.09. The normalized spacial score (nSPS) is 26.7. The maximum atomic E-state index is 12.8. The van der Waals surface area contributed by atoms with Gasteiger partial charge in [0, 0.05) is 0 Å². The molecule has 0 aromatic rings. The molecule has 5 atom stereocenters. The van der Waals surface area contributed by atoms with Crippen LogP contribution in [0.15, 0.2) is 0 Å². The first kappa shape index (κ1) is 28.4. The van der Waals surface area contributed by atoms with Crippen molar-refractivity contribution in [2.24, 2.45) is 16.2 Å². The van der Waals surface area contributed by atoms with E-state index in [1.165, 1.54) is 0 Å². The summed E-state index contributed by atoms with van der Waals surface area (Å²) in [5.74, 6) is -2.73. The smallest absolute Gasteiger partial charge is 0.339 e. The lowest BCUT2D eigenvalue weighted by atomic mass is 9.93. The van der Waals surface area contributed by atoms with E-state index in [1.54, 1.807) is 62.3 Å². The molecule has 0 bridgehead atoms. The first-order valence-electron chi connectivity index (χ1n) is 10.3. The van der Waals surface area contributed by atoms with E-state index in [0.717, 1.165) is 7.11 Å². The first-order valence-corrected chi connectivity index (χ1v) is 11.2. The SMILES string of the molecule is COC(=O)[C@@H]1O[C@@H](Br)[C@@H](OC(=O)C(C)(C)C)[C@H](OC(=O)C(C)(C)C)[C@H]1OC(=O)C(C)(C)C. The summed E-state index contributed by atoms with van der Waals surface area (Å²) in [4.78, 5) is 50.6. The molecule has 32 heavy (non-hydrogen) atoms. The molecule has 0 spiro atoms. The second-order valence-corrected chi connectivity index (χ2v) is 11.7. The standard InChI is InChI=1S/C22H35BrO9/c1-20(2,3)17(25)30-11-12(31-18(26)21(4,5)6)14(16(24)28-10)29-15(23)13(11)32-19(27)22(7,8)9/h11-15H,1-10H3/t11-,12-,13+,14-,15-/m1/s1. The lowest BCUT2D eigenvalue weighted by Crippen LogP contribution is -2.63. The number of hydrogen-bond donors (Lipinski definition) is 0. The summed E-state index contributed by atoms with van der Waals surface area (Å²) in [7, 11) is 1.15. The van der Waals surface area contributed by atoms with Gasteiger partial charge in [-0.1, -0.05) is 15.9 Å². The molecule has 1 fully saturated rings. The molecule has 1 heterocycles. The Balaban J connectivity index is 3.51. The van der Waals surface area contributed by atoms with Crippen LogP contribution in [0, 0.1) is 16.2 Å². The number of esters is 4. The molecule has 0 radical (unpaired) electrons. The fraction of sp³-hybridized carbons (Fsp3) is 0.818. The minimum atomic E-state index is -1.42. The first-order chi connectivity index (χ1) is 14.3. The molecule has 0 unspecified atom stereocenters. The van der Waals surface area contributed by atoms with Gasteiger partial charge in [0.15, 0.2) is 29.4 Å². The summed E-state index contributed by atoms with van der Waals surface area (Å²) < 4.78 is 27.4. The molecule has 0 amide bonds. The Morgan fingerprint density at radius 3 is 1.34 bits per heavy atom. The van der Waals surface area contributed by atoms with Gasteiger partial charge in [0.25, 0.3) is 0 Å². The van der Waals surface area contributed by atoms with Crippen molar-refractivity contribution in [1.82, 2.24) is 0 Å². The summed E-state index contributed by atoms with van der Waals surface area (Å²) in [6, 6.07) is 0. The zero-order chi connectivity index (χ0) is 25.2. The lowest BCUT2D eigenvalue weighted by Gasteiger charge is -2.43. The Labute approximate surface area is 197 Å². The van der Waals surface area contributed by atoms with Crippen LogP contribution in [-0.4, -0.2) is 60.4 Å². The zero-order valence-corrected chi connectivity index (χ0v) is 22.0. The molecule has 1 saturated heterocycles. The Morgan fingerprint density at radius 1 is 0.656 bits per heavy atom. The molecule has 10 heteroatoms. The van der Waals surface area contributed by atoms with Crippen molar-refractivity contribution < 1.29 is 42.9 Å². The number of rotatable bonds is 4. The van der Waals surface area contributed by atoms with E-state index in [4.69, 9.17) is 23.7 Å². The van der Waals surface area contributed by atoms with Crippen molar-refractivity contribution in [3.8, 4) is 0 Å². The third-order valence-corrected chi connectivity index (χ3v) is 5.22. The number of hydrogen-bond acceptors (Lipinski definition) is 9. The van der Waals surface area contributed by atoms with Crippen molar-refractivity contribution in [2.75, 3.05) is 7.11 Å². The van der Waals surface area contributed by atoms with Crippen LogP contribution >= 0.6 is 15.9 Å². The van der Waals surface area contributed by atoms with Gasteiger partial charge >= 0.3 is 23.9 Å². The van der Waals surface area contributed by atoms with E-state index in [0.29, 0.717) is 0 Å². The Bertz CT molecular complexity index is 727. The van der Waals surface area contributed by atoms with Crippen LogP contribution in [-0.2, 0) is 42.9 Å². The third kappa shape index (κ3) is 7.16. The van der Waals surface area contributed by atoms with Crippen LogP contribution < -0.4 is 0 Å². The van der Waals surface area contributed by atoms with E-state index in [1.807, 2.05) is 0 Å². The van der Waals surface area contributed by atoms with Gasteiger partial charge in [0.05, 0.1) is 23.4 Å². The Hall–Kier alpha value is -1.68.